The third kappa shape index (κ3) is 5.31. The zero-order chi connectivity index (χ0) is 22.5. The van der Waals surface area contributed by atoms with Crippen molar-refractivity contribution in [2.45, 2.75) is 25.7 Å². The van der Waals surface area contributed by atoms with Crippen molar-refractivity contribution >= 4 is 40.4 Å². The van der Waals surface area contributed by atoms with Crippen LogP contribution in [0.5, 0.6) is 5.75 Å². The average Bonchev–Trinajstić information content (AvgIpc) is 2.81. The second-order valence-corrected chi connectivity index (χ2v) is 9.05. The summed E-state index contributed by atoms with van der Waals surface area (Å²) in [7, 11) is 0. The van der Waals surface area contributed by atoms with Crippen molar-refractivity contribution in [3.8, 4) is 5.75 Å². The average molecular weight is 477 g/mol. The number of ether oxygens (including phenoxy) is 1. The summed E-state index contributed by atoms with van der Waals surface area (Å²) >= 11 is 12.5. The van der Waals surface area contributed by atoms with Crippen LogP contribution in [0.4, 0.5) is 11.4 Å². The molecule has 0 atom stereocenters. The molecule has 0 radical (unpaired) electrons. The van der Waals surface area contributed by atoms with Gasteiger partial charge in [0.2, 0.25) is 0 Å². The molecule has 32 heavy (non-hydrogen) atoms. The quantitative estimate of drug-likeness (QED) is 0.542. The van der Waals surface area contributed by atoms with E-state index < -0.39 is 0 Å². The maximum Gasteiger partial charge on any atom is 0.121 e. The number of rotatable bonds is 8. The second kappa shape index (κ2) is 10.8. The Balaban J connectivity index is 1.18. The number of aliphatic hydroxyl groups is 1. The first-order chi connectivity index (χ1) is 15.6. The number of aryl methyl sites for hydroxylation is 1. The number of unbranched alkanes of at least 4 members (excludes halogenated alkanes) is 1. The van der Waals surface area contributed by atoms with Gasteiger partial charge in [0.1, 0.15) is 18.3 Å². The highest BCUT2D eigenvalue weighted by molar-refractivity contribution is 6.43. The van der Waals surface area contributed by atoms with Crippen molar-refractivity contribution in [3.05, 3.63) is 52.0 Å². The van der Waals surface area contributed by atoms with Crippen LogP contribution in [-0.4, -0.2) is 61.9 Å². The molecule has 0 spiro atoms. The summed E-state index contributed by atoms with van der Waals surface area (Å²) in [6.45, 7) is 5.46. The molecule has 2 aliphatic rings. The number of hydrogen-bond acceptors (Lipinski definition) is 5. The molecule has 0 aliphatic carbocycles. The minimum atomic E-state index is -0.175. The molecule has 8 heteroatoms. The van der Waals surface area contributed by atoms with Crippen LogP contribution in [0.3, 0.4) is 0 Å². The standard InChI is InChI=1S/C24H30Cl2N4O2/c25-20-4-3-5-21(24(20)26)29-13-11-28(12-14-29)10-1-2-15-32-19-8-6-18-7-9-23(27)30(17-31)22(18)16-19/h3-6,8,16,27,31H,1-2,7,9-15,17H2. The van der Waals surface area contributed by atoms with Gasteiger partial charge < -0.3 is 19.6 Å². The van der Waals surface area contributed by atoms with Gasteiger partial charge in [-0.25, -0.2) is 0 Å². The normalized spacial score (nSPS) is 16.9. The molecule has 0 aromatic heterocycles. The van der Waals surface area contributed by atoms with Crippen molar-refractivity contribution in [1.29, 1.82) is 5.41 Å². The molecule has 0 bridgehead atoms. The highest BCUT2D eigenvalue weighted by atomic mass is 35.5. The third-order valence-corrected chi connectivity index (χ3v) is 7.04. The van der Waals surface area contributed by atoms with Crippen LogP contribution in [0, 0.1) is 5.41 Å². The predicted molar refractivity (Wildman–Crippen MR) is 132 cm³/mol. The monoisotopic (exact) mass is 476 g/mol. The Labute approximate surface area is 199 Å². The van der Waals surface area contributed by atoms with Crippen LogP contribution in [-0.2, 0) is 6.42 Å². The van der Waals surface area contributed by atoms with E-state index in [4.69, 9.17) is 33.3 Å². The molecule has 1 fully saturated rings. The van der Waals surface area contributed by atoms with E-state index in [1.165, 1.54) is 0 Å². The lowest BCUT2D eigenvalue weighted by atomic mass is 10.0. The van der Waals surface area contributed by atoms with E-state index in [-0.39, 0.29) is 6.73 Å². The first-order valence-electron chi connectivity index (χ1n) is 11.2. The number of aliphatic hydroxyl groups excluding tert-OH is 1. The molecule has 0 saturated carbocycles. The molecule has 0 unspecified atom stereocenters. The van der Waals surface area contributed by atoms with Crippen LogP contribution in [0.25, 0.3) is 0 Å². The van der Waals surface area contributed by atoms with Gasteiger partial charge in [-0.05, 0) is 49.6 Å². The Morgan fingerprint density at radius 1 is 0.969 bits per heavy atom. The summed E-state index contributed by atoms with van der Waals surface area (Å²) in [6.07, 6.45) is 3.56. The molecule has 4 rings (SSSR count). The fourth-order valence-electron chi connectivity index (χ4n) is 4.37. The molecule has 172 valence electrons. The summed E-state index contributed by atoms with van der Waals surface area (Å²) in [5.41, 5.74) is 3.06. The summed E-state index contributed by atoms with van der Waals surface area (Å²) in [5, 5.41) is 18.9. The smallest absolute Gasteiger partial charge is 0.121 e. The molecular formula is C24H30Cl2N4O2. The highest BCUT2D eigenvalue weighted by Gasteiger charge is 2.22. The number of halogens is 2. The van der Waals surface area contributed by atoms with Crippen LogP contribution >= 0.6 is 23.2 Å². The van der Waals surface area contributed by atoms with Crippen molar-refractivity contribution < 1.29 is 9.84 Å². The number of nitrogens with zero attached hydrogens (tertiary/aromatic N) is 3. The minimum absolute atomic E-state index is 0.175. The SMILES string of the molecule is N=C1CCc2ccc(OCCCCN3CCN(c4cccc(Cl)c4Cl)CC3)cc2N1CO. The Kier molecular flexibility index (Phi) is 7.79. The number of benzene rings is 2. The van der Waals surface area contributed by atoms with Crippen LogP contribution in [0.15, 0.2) is 36.4 Å². The van der Waals surface area contributed by atoms with Crippen molar-refractivity contribution in [2.75, 3.05) is 55.9 Å². The Morgan fingerprint density at radius 2 is 1.78 bits per heavy atom. The predicted octanol–water partition coefficient (Wildman–Crippen LogP) is 4.65. The Bertz CT molecular complexity index is 948. The summed E-state index contributed by atoms with van der Waals surface area (Å²) in [6, 6.07) is 11.8. The maximum atomic E-state index is 9.60. The Morgan fingerprint density at radius 3 is 2.56 bits per heavy atom. The second-order valence-electron chi connectivity index (χ2n) is 8.26. The van der Waals surface area contributed by atoms with Gasteiger partial charge in [-0.1, -0.05) is 35.3 Å². The van der Waals surface area contributed by atoms with Gasteiger partial charge in [-0.15, -0.1) is 0 Å². The fourth-order valence-corrected chi connectivity index (χ4v) is 4.78. The van der Waals surface area contributed by atoms with Crippen molar-refractivity contribution in [3.63, 3.8) is 0 Å². The van der Waals surface area contributed by atoms with Crippen LogP contribution < -0.4 is 14.5 Å². The topological polar surface area (TPSA) is 63.0 Å². The summed E-state index contributed by atoms with van der Waals surface area (Å²) < 4.78 is 5.96. The molecule has 2 heterocycles. The Hall–Kier alpha value is -1.99. The zero-order valence-electron chi connectivity index (χ0n) is 18.2. The van der Waals surface area contributed by atoms with Crippen molar-refractivity contribution in [2.24, 2.45) is 0 Å². The lowest BCUT2D eigenvalue weighted by Crippen LogP contribution is -2.46. The van der Waals surface area contributed by atoms with E-state index in [1.807, 2.05) is 36.4 Å². The number of anilines is 2. The molecule has 1 saturated heterocycles. The van der Waals surface area contributed by atoms with Gasteiger partial charge in [0.25, 0.3) is 0 Å². The first-order valence-corrected chi connectivity index (χ1v) is 12.0. The van der Waals surface area contributed by atoms with Gasteiger partial charge >= 0.3 is 0 Å². The van der Waals surface area contributed by atoms with E-state index in [0.717, 1.165) is 74.7 Å². The van der Waals surface area contributed by atoms with Crippen LogP contribution in [0.2, 0.25) is 10.0 Å². The number of amidine groups is 1. The lowest BCUT2D eigenvalue weighted by Gasteiger charge is -2.36. The van der Waals surface area contributed by atoms with E-state index in [1.54, 1.807) is 4.90 Å². The largest absolute Gasteiger partial charge is 0.494 e. The van der Waals surface area contributed by atoms with E-state index in [9.17, 15) is 5.11 Å². The first kappa shape index (κ1) is 23.2. The van der Waals surface area contributed by atoms with Gasteiger partial charge in [-0.2, -0.15) is 0 Å². The number of piperazine rings is 1. The van der Waals surface area contributed by atoms with E-state index >= 15 is 0 Å². The van der Waals surface area contributed by atoms with E-state index in [2.05, 4.69) is 9.80 Å². The summed E-state index contributed by atoms with van der Waals surface area (Å²) in [5.74, 6) is 1.25. The highest BCUT2D eigenvalue weighted by Crippen LogP contribution is 2.33. The zero-order valence-corrected chi connectivity index (χ0v) is 19.7. The third-order valence-electron chi connectivity index (χ3n) is 6.23. The molecule has 2 aliphatic heterocycles. The number of hydrogen-bond donors (Lipinski definition) is 2. The van der Waals surface area contributed by atoms with Gasteiger partial charge in [0.05, 0.1) is 28.0 Å². The molecule has 2 aromatic rings. The van der Waals surface area contributed by atoms with Gasteiger partial charge in [0, 0.05) is 38.7 Å². The fraction of sp³-hybridized carbons (Fsp3) is 0.458. The molecule has 6 nitrogen and oxygen atoms in total. The van der Waals surface area contributed by atoms with E-state index in [0.29, 0.717) is 28.9 Å². The number of nitrogens with one attached hydrogen (secondary N) is 1. The maximum absolute atomic E-state index is 9.60. The van der Waals surface area contributed by atoms with Gasteiger partial charge in [0.15, 0.2) is 0 Å². The van der Waals surface area contributed by atoms with Crippen molar-refractivity contribution in [1.82, 2.24) is 4.90 Å². The lowest BCUT2D eigenvalue weighted by molar-refractivity contribution is 0.238. The molecule has 2 N–H and O–H groups in total. The minimum Gasteiger partial charge on any atom is -0.494 e. The summed E-state index contributed by atoms with van der Waals surface area (Å²) in [4.78, 5) is 6.43. The molecular weight excluding hydrogens is 447 g/mol. The van der Waals surface area contributed by atoms with Crippen LogP contribution in [0.1, 0.15) is 24.8 Å². The van der Waals surface area contributed by atoms with Gasteiger partial charge in [-0.3, -0.25) is 10.3 Å². The number of fused-ring (bicyclic) bond motifs is 1. The molecule has 2 aromatic carbocycles. The molecule has 0 amide bonds.